The quantitative estimate of drug-likeness (QED) is 0.363. The zero-order valence-electron chi connectivity index (χ0n) is 21.9. The van der Waals surface area contributed by atoms with Crippen molar-refractivity contribution >= 4 is 23.0 Å². The molecule has 3 aliphatic carbocycles. The van der Waals surface area contributed by atoms with Crippen LogP contribution in [0.1, 0.15) is 86.6 Å². The van der Waals surface area contributed by atoms with Crippen molar-refractivity contribution in [3.05, 3.63) is 51.7 Å². The van der Waals surface area contributed by atoms with Crippen LogP contribution in [0.2, 0.25) is 0 Å². The number of aryl methyl sites for hydroxylation is 1. The fourth-order valence-electron chi connectivity index (χ4n) is 7.75. The number of nitrogens with one attached hydrogen (secondary N) is 1. The summed E-state index contributed by atoms with van der Waals surface area (Å²) in [6.45, 7) is 3.00. The third-order valence-electron chi connectivity index (χ3n) is 9.53. The number of hydrogen-bond acceptors (Lipinski definition) is 4. The Labute approximate surface area is 220 Å². The molecule has 1 amide bonds. The minimum Gasteiger partial charge on any atom is -0.497 e. The van der Waals surface area contributed by atoms with Crippen LogP contribution >= 0.6 is 11.3 Å². The first-order valence-electron chi connectivity index (χ1n) is 14.0. The number of thiophene rings is 1. The van der Waals surface area contributed by atoms with E-state index in [-0.39, 0.29) is 11.3 Å². The topological polar surface area (TPSA) is 55.4 Å². The van der Waals surface area contributed by atoms with Gasteiger partial charge in [-0.05, 0) is 103 Å². The average molecular weight is 508 g/mol. The van der Waals surface area contributed by atoms with E-state index in [0.29, 0.717) is 35.9 Å². The van der Waals surface area contributed by atoms with Crippen molar-refractivity contribution in [1.82, 2.24) is 5.32 Å². The van der Waals surface area contributed by atoms with Gasteiger partial charge in [-0.2, -0.15) is 0 Å². The Balaban J connectivity index is 1.12. The second kappa shape index (κ2) is 11.1. The molecule has 5 heteroatoms. The van der Waals surface area contributed by atoms with Crippen molar-refractivity contribution in [3.63, 3.8) is 0 Å². The van der Waals surface area contributed by atoms with E-state index in [1.165, 1.54) is 22.4 Å². The van der Waals surface area contributed by atoms with Gasteiger partial charge in [-0.1, -0.05) is 31.9 Å². The highest BCUT2D eigenvalue weighted by Crippen LogP contribution is 2.62. The van der Waals surface area contributed by atoms with Crippen LogP contribution in [0, 0.1) is 23.2 Å². The number of methoxy groups -OCH3 is 1. The summed E-state index contributed by atoms with van der Waals surface area (Å²) in [4.78, 5) is 26.8. The minimum absolute atomic E-state index is 0.127. The van der Waals surface area contributed by atoms with E-state index < -0.39 is 0 Å². The Morgan fingerprint density at radius 2 is 2.08 bits per heavy atom. The van der Waals surface area contributed by atoms with Crippen LogP contribution in [0.4, 0.5) is 0 Å². The van der Waals surface area contributed by atoms with Gasteiger partial charge in [0.15, 0.2) is 0 Å². The number of unbranched alkanes of at least 4 members (excludes halogenated alkanes) is 2. The summed E-state index contributed by atoms with van der Waals surface area (Å²) >= 11 is 1.74. The summed E-state index contributed by atoms with van der Waals surface area (Å²) in [5.74, 6) is 3.87. The van der Waals surface area contributed by atoms with Crippen LogP contribution in [0.25, 0.3) is 0 Å². The molecule has 5 rings (SSSR count). The van der Waals surface area contributed by atoms with Crippen molar-refractivity contribution in [2.24, 2.45) is 23.2 Å². The summed E-state index contributed by atoms with van der Waals surface area (Å²) in [6, 6.07) is 10.8. The first kappa shape index (κ1) is 25.5. The molecule has 36 heavy (non-hydrogen) atoms. The third-order valence-corrected chi connectivity index (χ3v) is 10.5. The molecule has 1 heterocycles. The lowest BCUT2D eigenvalue weighted by Gasteiger charge is -2.50. The Morgan fingerprint density at radius 1 is 1.19 bits per heavy atom. The SMILES string of the molecule is COc1ccc2c(c1)CCC1C2CC[C@]2(C)C(=O)C[C@@H](CCCCCC(=O)NCCc3cccs3)C12. The standard InChI is InChI=1S/C31H41NO3S/c1-31-16-14-26-25-13-11-23(35-2)19-21(25)10-12-27(26)30(31)22(20-28(31)33)7-4-3-5-9-29(34)32-17-15-24-8-6-18-36-24/h6,8,11,13,18-19,22,26-27,30H,3-5,7,9-10,12,14-17,20H2,1-2H3,(H,32,34)/t22-,26?,27?,30?,31-/m1/s1. The van der Waals surface area contributed by atoms with Crippen LogP contribution in [-0.2, 0) is 22.4 Å². The van der Waals surface area contributed by atoms with Crippen LogP contribution < -0.4 is 10.1 Å². The maximum atomic E-state index is 13.2. The van der Waals surface area contributed by atoms with E-state index in [0.717, 1.165) is 70.1 Å². The molecule has 1 aromatic heterocycles. The molecule has 0 aliphatic heterocycles. The Bertz CT molecular complexity index is 1060. The number of Topliss-reactive ketones (excluding diaryl/α,β-unsaturated/α-hetero) is 1. The van der Waals surface area contributed by atoms with Gasteiger partial charge in [0.1, 0.15) is 11.5 Å². The summed E-state index contributed by atoms with van der Waals surface area (Å²) in [7, 11) is 1.74. The van der Waals surface area contributed by atoms with Crippen molar-refractivity contribution in [2.45, 2.75) is 83.5 Å². The molecular formula is C31H41NO3S. The Hall–Kier alpha value is -2.14. The molecule has 2 fully saturated rings. The van der Waals surface area contributed by atoms with Gasteiger partial charge >= 0.3 is 0 Å². The highest BCUT2D eigenvalue weighted by atomic mass is 32.1. The molecule has 0 spiro atoms. The summed E-state index contributed by atoms with van der Waals surface area (Å²) in [5.41, 5.74) is 2.84. The van der Waals surface area contributed by atoms with Crippen molar-refractivity contribution < 1.29 is 14.3 Å². The maximum absolute atomic E-state index is 13.2. The van der Waals surface area contributed by atoms with Crippen molar-refractivity contribution in [2.75, 3.05) is 13.7 Å². The molecule has 0 bridgehead atoms. The van der Waals surface area contributed by atoms with Gasteiger partial charge < -0.3 is 10.1 Å². The van der Waals surface area contributed by atoms with Crippen molar-refractivity contribution in [1.29, 1.82) is 0 Å². The summed E-state index contributed by atoms with van der Waals surface area (Å²) in [5, 5.41) is 5.14. The number of rotatable bonds is 10. The zero-order valence-corrected chi connectivity index (χ0v) is 22.7. The van der Waals surface area contributed by atoms with Crippen LogP contribution in [0.15, 0.2) is 35.7 Å². The number of carbonyl (C=O) groups excluding carboxylic acids is 2. The predicted octanol–water partition coefficient (Wildman–Crippen LogP) is 6.72. The lowest BCUT2D eigenvalue weighted by atomic mass is 9.54. The van der Waals surface area contributed by atoms with Gasteiger partial charge in [0.25, 0.3) is 0 Å². The first-order valence-corrected chi connectivity index (χ1v) is 14.9. The second-order valence-electron chi connectivity index (χ2n) is 11.5. The molecule has 2 aromatic rings. The Morgan fingerprint density at radius 3 is 2.89 bits per heavy atom. The highest BCUT2D eigenvalue weighted by molar-refractivity contribution is 7.09. The van der Waals surface area contributed by atoms with Gasteiger partial charge in [0.05, 0.1) is 7.11 Å². The van der Waals surface area contributed by atoms with Crippen LogP contribution in [0.3, 0.4) is 0 Å². The van der Waals surface area contributed by atoms with E-state index in [4.69, 9.17) is 4.74 Å². The van der Waals surface area contributed by atoms with Gasteiger partial charge in [0, 0.05) is 29.7 Å². The van der Waals surface area contributed by atoms with E-state index >= 15 is 0 Å². The number of amides is 1. The molecule has 3 aliphatic rings. The average Bonchev–Trinajstić information content (AvgIpc) is 3.49. The van der Waals surface area contributed by atoms with Gasteiger partial charge in [-0.3, -0.25) is 9.59 Å². The molecule has 1 N–H and O–H groups in total. The summed E-state index contributed by atoms with van der Waals surface area (Å²) in [6.07, 6.45) is 11.0. The largest absolute Gasteiger partial charge is 0.497 e. The normalized spacial score (nSPS) is 28.8. The summed E-state index contributed by atoms with van der Waals surface area (Å²) < 4.78 is 5.48. The Kier molecular flexibility index (Phi) is 7.85. The molecule has 5 atom stereocenters. The highest BCUT2D eigenvalue weighted by Gasteiger charge is 2.58. The van der Waals surface area contributed by atoms with Gasteiger partial charge in [-0.15, -0.1) is 11.3 Å². The van der Waals surface area contributed by atoms with Crippen LogP contribution in [-0.4, -0.2) is 25.3 Å². The van der Waals surface area contributed by atoms with E-state index in [9.17, 15) is 9.59 Å². The number of ketones is 1. The molecule has 0 radical (unpaired) electrons. The fourth-order valence-corrected chi connectivity index (χ4v) is 8.46. The molecule has 3 unspecified atom stereocenters. The van der Waals surface area contributed by atoms with E-state index in [1.54, 1.807) is 18.4 Å². The third kappa shape index (κ3) is 5.14. The minimum atomic E-state index is -0.127. The number of carbonyl (C=O) groups is 2. The van der Waals surface area contributed by atoms with E-state index in [2.05, 4.69) is 48.0 Å². The van der Waals surface area contributed by atoms with Gasteiger partial charge in [0.2, 0.25) is 5.91 Å². The second-order valence-corrected chi connectivity index (χ2v) is 12.6. The van der Waals surface area contributed by atoms with E-state index in [1.807, 2.05) is 0 Å². The first-order chi connectivity index (χ1) is 17.5. The molecule has 0 saturated heterocycles. The lowest BCUT2D eigenvalue weighted by Crippen LogP contribution is -2.44. The number of benzene rings is 1. The smallest absolute Gasteiger partial charge is 0.220 e. The maximum Gasteiger partial charge on any atom is 0.220 e. The molecule has 1 aromatic carbocycles. The number of hydrogen-bond donors (Lipinski definition) is 1. The molecule has 194 valence electrons. The zero-order chi connectivity index (χ0) is 25.1. The number of fused-ring (bicyclic) bond motifs is 5. The molecule has 2 saturated carbocycles. The predicted molar refractivity (Wildman–Crippen MR) is 146 cm³/mol. The fraction of sp³-hybridized carbons (Fsp3) is 0.613. The van der Waals surface area contributed by atoms with Crippen molar-refractivity contribution in [3.8, 4) is 5.75 Å². The molecular weight excluding hydrogens is 466 g/mol. The van der Waals surface area contributed by atoms with Gasteiger partial charge in [-0.25, -0.2) is 0 Å². The van der Waals surface area contributed by atoms with Crippen LogP contribution in [0.5, 0.6) is 5.75 Å². The monoisotopic (exact) mass is 507 g/mol. The lowest BCUT2D eigenvalue weighted by molar-refractivity contribution is -0.129. The number of ether oxygens (including phenoxy) is 1. The molecule has 4 nitrogen and oxygen atoms in total.